The van der Waals surface area contributed by atoms with Crippen molar-refractivity contribution in [1.82, 2.24) is 5.32 Å². The number of carbonyl (C=O) groups excluding carboxylic acids is 3. The van der Waals surface area contributed by atoms with Gasteiger partial charge in [0.1, 0.15) is 5.54 Å². The molecular weight excluding hydrogens is 380 g/mol. The van der Waals surface area contributed by atoms with Gasteiger partial charge in [0.15, 0.2) is 12.4 Å². The number of carbonyl (C=O) groups is 3. The van der Waals surface area contributed by atoms with Gasteiger partial charge in [-0.1, -0.05) is 68.4 Å². The van der Waals surface area contributed by atoms with Crippen LogP contribution in [0.4, 0.5) is 0 Å². The Balaban J connectivity index is 1.80. The minimum Gasteiger partial charge on any atom is -0.456 e. The molecule has 6 nitrogen and oxygen atoms in total. The van der Waals surface area contributed by atoms with Crippen LogP contribution in [-0.2, 0) is 14.3 Å². The number of Topliss-reactive ketones (excluding diaryl/α,β-unsaturated/α-hetero) is 1. The third kappa shape index (κ3) is 6.28. The number of ketones is 1. The molecule has 0 unspecified atom stereocenters. The van der Waals surface area contributed by atoms with Crippen LogP contribution in [-0.4, -0.2) is 29.8 Å². The van der Waals surface area contributed by atoms with E-state index in [9.17, 15) is 19.6 Å². The standard InChI is InChI=1S/C24H26N2O4/c1-17(2)24(3,16-25)26-22(28)15-30-23(29)14-13-21(27)20-11-9-19(10-12-20)18-7-5-4-6-8-18/h4-12,17H,13-15H2,1-3H3,(H,26,28)/t24-/m1/s1. The lowest BCUT2D eigenvalue weighted by atomic mass is 9.90. The van der Waals surface area contributed by atoms with Gasteiger partial charge >= 0.3 is 5.97 Å². The van der Waals surface area contributed by atoms with Crippen molar-refractivity contribution in [1.29, 1.82) is 5.26 Å². The third-order valence-electron chi connectivity index (χ3n) is 5.02. The summed E-state index contributed by atoms with van der Waals surface area (Å²) in [6.07, 6.45) is -0.126. The van der Waals surface area contributed by atoms with Gasteiger partial charge in [0.25, 0.3) is 5.91 Å². The first-order valence-corrected chi connectivity index (χ1v) is 9.81. The van der Waals surface area contributed by atoms with E-state index in [1.165, 1.54) is 0 Å². The zero-order valence-electron chi connectivity index (χ0n) is 17.5. The highest BCUT2D eigenvalue weighted by Crippen LogP contribution is 2.20. The number of ether oxygens (including phenoxy) is 1. The molecule has 0 aromatic heterocycles. The summed E-state index contributed by atoms with van der Waals surface area (Å²) >= 11 is 0. The van der Waals surface area contributed by atoms with Crippen LogP contribution in [0.3, 0.4) is 0 Å². The molecule has 1 N–H and O–H groups in total. The van der Waals surface area contributed by atoms with Crippen molar-refractivity contribution in [3.05, 3.63) is 60.2 Å². The van der Waals surface area contributed by atoms with E-state index in [4.69, 9.17) is 4.74 Å². The predicted molar refractivity (Wildman–Crippen MR) is 113 cm³/mol. The number of esters is 1. The maximum Gasteiger partial charge on any atom is 0.306 e. The van der Waals surface area contributed by atoms with E-state index in [1.54, 1.807) is 19.1 Å². The van der Waals surface area contributed by atoms with Crippen LogP contribution < -0.4 is 5.32 Å². The third-order valence-corrected chi connectivity index (χ3v) is 5.02. The normalized spacial score (nSPS) is 12.5. The number of rotatable bonds is 9. The van der Waals surface area contributed by atoms with Gasteiger partial charge in [0.2, 0.25) is 0 Å². The van der Waals surface area contributed by atoms with Crippen LogP contribution in [0.2, 0.25) is 0 Å². The number of nitrogens with one attached hydrogen (secondary N) is 1. The molecule has 2 rings (SSSR count). The summed E-state index contributed by atoms with van der Waals surface area (Å²) in [6.45, 7) is 4.75. The van der Waals surface area contributed by atoms with Gasteiger partial charge in [-0.15, -0.1) is 0 Å². The molecule has 1 amide bonds. The van der Waals surface area contributed by atoms with Crippen molar-refractivity contribution >= 4 is 17.7 Å². The fourth-order valence-electron chi connectivity index (χ4n) is 2.68. The molecule has 156 valence electrons. The summed E-state index contributed by atoms with van der Waals surface area (Å²) in [5, 5.41) is 11.8. The Bertz CT molecular complexity index is 930. The second kappa shape index (κ2) is 10.4. The monoisotopic (exact) mass is 406 g/mol. The van der Waals surface area contributed by atoms with Crippen molar-refractivity contribution < 1.29 is 19.1 Å². The molecule has 30 heavy (non-hydrogen) atoms. The summed E-state index contributed by atoms with van der Waals surface area (Å²) < 4.78 is 4.92. The molecule has 0 fully saturated rings. The Morgan fingerprint density at radius 2 is 1.60 bits per heavy atom. The van der Waals surface area contributed by atoms with E-state index in [0.717, 1.165) is 11.1 Å². The highest BCUT2D eigenvalue weighted by Gasteiger charge is 2.30. The van der Waals surface area contributed by atoms with E-state index in [-0.39, 0.29) is 24.5 Å². The first-order valence-electron chi connectivity index (χ1n) is 9.81. The van der Waals surface area contributed by atoms with E-state index in [2.05, 4.69) is 11.4 Å². The molecule has 2 aromatic rings. The van der Waals surface area contributed by atoms with Crippen LogP contribution in [0.1, 0.15) is 44.0 Å². The first-order chi connectivity index (χ1) is 14.2. The molecule has 0 saturated carbocycles. The summed E-state index contributed by atoms with van der Waals surface area (Å²) in [5.41, 5.74) is 1.54. The lowest BCUT2D eigenvalue weighted by Gasteiger charge is -2.27. The Kier molecular flexibility index (Phi) is 7.88. The molecule has 0 bridgehead atoms. The Morgan fingerprint density at radius 3 is 2.17 bits per heavy atom. The van der Waals surface area contributed by atoms with E-state index < -0.39 is 24.0 Å². The zero-order chi connectivity index (χ0) is 22.1. The smallest absolute Gasteiger partial charge is 0.306 e. The minimum atomic E-state index is -1.04. The predicted octanol–water partition coefficient (Wildman–Crippen LogP) is 3.91. The number of amides is 1. The van der Waals surface area contributed by atoms with Crippen molar-refractivity contribution in [3.8, 4) is 17.2 Å². The van der Waals surface area contributed by atoms with Crippen molar-refractivity contribution in [2.24, 2.45) is 5.92 Å². The summed E-state index contributed by atoms with van der Waals surface area (Å²) in [7, 11) is 0. The quantitative estimate of drug-likeness (QED) is 0.503. The summed E-state index contributed by atoms with van der Waals surface area (Å²) in [4.78, 5) is 36.1. The molecule has 0 saturated heterocycles. The fraction of sp³-hybridized carbons (Fsp3) is 0.333. The molecule has 0 aliphatic rings. The molecule has 2 aromatic carbocycles. The minimum absolute atomic E-state index is 0.00690. The van der Waals surface area contributed by atoms with Gasteiger partial charge in [-0.2, -0.15) is 5.26 Å². The average Bonchev–Trinajstić information content (AvgIpc) is 2.76. The lowest BCUT2D eigenvalue weighted by Crippen LogP contribution is -2.50. The zero-order valence-corrected chi connectivity index (χ0v) is 17.5. The molecule has 1 atom stereocenters. The molecule has 0 radical (unpaired) electrons. The second-order valence-corrected chi connectivity index (χ2v) is 7.54. The largest absolute Gasteiger partial charge is 0.456 e. The van der Waals surface area contributed by atoms with Gasteiger partial charge in [-0.25, -0.2) is 0 Å². The molecule has 0 heterocycles. The number of benzene rings is 2. The highest BCUT2D eigenvalue weighted by atomic mass is 16.5. The van der Waals surface area contributed by atoms with Gasteiger partial charge in [-0.05, 0) is 24.0 Å². The Labute approximate surface area is 176 Å². The van der Waals surface area contributed by atoms with Gasteiger partial charge in [0.05, 0.1) is 12.5 Å². The average molecular weight is 406 g/mol. The molecule has 0 aliphatic carbocycles. The topological polar surface area (TPSA) is 96.3 Å². The lowest BCUT2D eigenvalue weighted by molar-refractivity contribution is -0.148. The number of hydrogen-bond acceptors (Lipinski definition) is 5. The molecule has 6 heteroatoms. The van der Waals surface area contributed by atoms with Crippen molar-refractivity contribution in [3.63, 3.8) is 0 Å². The Hall–Kier alpha value is -3.46. The molecule has 0 aliphatic heterocycles. The van der Waals surface area contributed by atoms with E-state index >= 15 is 0 Å². The van der Waals surface area contributed by atoms with E-state index in [1.807, 2.05) is 56.3 Å². The molecule has 0 spiro atoms. The van der Waals surface area contributed by atoms with Crippen LogP contribution in [0.15, 0.2) is 54.6 Å². The van der Waals surface area contributed by atoms with Crippen LogP contribution in [0.5, 0.6) is 0 Å². The number of hydrogen-bond donors (Lipinski definition) is 1. The van der Waals surface area contributed by atoms with Crippen molar-refractivity contribution in [2.45, 2.75) is 39.2 Å². The first kappa shape index (κ1) is 22.8. The van der Waals surface area contributed by atoms with E-state index in [0.29, 0.717) is 5.56 Å². The summed E-state index contributed by atoms with van der Waals surface area (Å²) in [5.74, 6) is -1.47. The van der Waals surface area contributed by atoms with Crippen LogP contribution in [0.25, 0.3) is 11.1 Å². The van der Waals surface area contributed by atoms with Crippen LogP contribution in [0, 0.1) is 17.2 Å². The maximum atomic E-state index is 12.3. The second-order valence-electron chi connectivity index (χ2n) is 7.54. The van der Waals surface area contributed by atoms with Crippen molar-refractivity contribution in [2.75, 3.05) is 6.61 Å². The SMILES string of the molecule is CC(C)[C@@](C)(C#N)NC(=O)COC(=O)CCC(=O)c1ccc(-c2ccccc2)cc1. The fourth-order valence-corrected chi connectivity index (χ4v) is 2.68. The van der Waals surface area contributed by atoms with Gasteiger partial charge in [0, 0.05) is 12.0 Å². The van der Waals surface area contributed by atoms with Gasteiger partial charge in [-0.3, -0.25) is 14.4 Å². The Morgan fingerprint density at radius 1 is 1.00 bits per heavy atom. The number of nitriles is 1. The molecular formula is C24H26N2O4. The maximum absolute atomic E-state index is 12.3. The number of nitrogens with zero attached hydrogens (tertiary/aromatic N) is 1. The van der Waals surface area contributed by atoms with Gasteiger partial charge < -0.3 is 10.1 Å². The van der Waals surface area contributed by atoms with Crippen LogP contribution >= 0.6 is 0 Å². The summed E-state index contributed by atoms with van der Waals surface area (Å²) in [6, 6.07) is 19.1. The highest BCUT2D eigenvalue weighted by molar-refractivity contribution is 5.98.